The molecular formula is C16H28N2O2S. The van der Waals surface area contributed by atoms with Crippen LogP contribution in [0.25, 0.3) is 0 Å². The second-order valence-electron chi connectivity index (χ2n) is 6.94. The van der Waals surface area contributed by atoms with Gasteiger partial charge in [-0.3, -0.25) is 0 Å². The molecule has 1 rings (SSSR count). The van der Waals surface area contributed by atoms with Gasteiger partial charge in [0.2, 0.25) is 10.0 Å². The average Bonchev–Trinajstić information content (AvgIpc) is 2.23. The maximum atomic E-state index is 12.5. The van der Waals surface area contributed by atoms with Crippen LogP contribution >= 0.6 is 0 Å². The van der Waals surface area contributed by atoms with E-state index in [9.17, 15) is 8.42 Å². The van der Waals surface area contributed by atoms with Crippen molar-refractivity contribution in [3.63, 3.8) is 0 Å². The first kappa shape index (κ1) is 18.1. The minimum atomic E-state index is -3.50. The summed E-state index contributed by atoms with van der Waals surface area (Å²) in [5.74, 6) is 0. The number of nitrogens with one attached hydrogen (secondary N) is 2. The highest BCUT2D eigenvalue weighted by Crippen LogP contribution is 2.22. The van der Waals surface area contributed by atoms with Crippen LogP contribution < -0.4 is 10.0 Å². The molecule has 0 aliphatic carbocycles. The lowest BCUT2D eigenvalue weighted by atomic mass is 10.1. The fourth-order valence-electron chi connectivity index (χ4n) is 2.13. The van der Waals surface area contributed by atoms with Gasteiger partial charge in [-0.2, -0.15) is 0 Å². The molecule has 2 N–H and O–H groups in total. The van der Waals surface area contributed by atoms with Crippen LogP contribution in [0.2, 0.25) is 0 Å². The maximum Gasteiger partial charge on any atom is 0.241 e. The van der Waals surface area contributed by atoms with Gasteiger partial charge in [0.1, 0.15) is 0 Å². The molecule has 0 heterocycles. The van der Waals surface area contributed by atoms with Crippen molar-refractivity contribution in [2.24, 2.45) is 0 Å². The van der Waals surface area contributed by atoms with E-state index >= 15 is 0 Å². The molecule has 5 heteroatoms. The number of rotatable bonds is 5. The van der Waals surface area contributed by atoms with Crippen molar-refractivity contribution in [3.8, 4) is 0 Å². The first-order chi connectivity index (χ1) is 9.42. The summed E-state index contributed by atoms with van der Waals surface area (Å²) in [5, 5.41) is 3.33. The SMILES string of the molecule is Cc1cc(C)c(S(=O)(=O)NC(C)(C)C)cc1CNC(C)C. The number of hydrogen-bond donors (Lipinski definition) is 2. The Morgan fingerprint density at radius 1 is 1.10 bits per heavy atom. The van der Waals surface area contributed by atoms with Crippen molar-refractivity contribution in [3.05, 3.63) is 28.8 Å². The van der Waals surface area contributed by atoms with Crippen molar-refractivity contribution < 1.29 is 8.42 Å². The fourth-order valence-corrected chi connectivity index (χ4v) is 3.82. The van der Waals surface area contributed by atoms with Crippen molar-refractivity contribution >= 4 is 10.0 Å². The largest absolute Gasteiger partial charge is 0.310 e. The van der Waals surface area contributed by atoms with Crippen LogP contribution in [-0.4, -0.2) is 20.0 Å². The molecule has 1 aromatic carbocycles. The lowest BCUT2D eigenvalue weighted by Crippen LogP contribution is -2.40. The van der Waals surface area contributed by atoms with Crippen molar-refractivity contribution in [1.82, 2.24) is 10.0 Å². The van der Waals surface area contributed by atoms with E-state index in [0.717, 1.165) is 16.7 Å². The topological polar surface area (TPSA) is 58.2 Å². The normalized spacial score (nSPS) is 13.0. The summed E-state index contributed by atoms with van der Waals surface area (Å²) in [7, 11) is -3.50. The Kier molecular flexibility index (Phi) is 5.58. The number of benzene rings is 1. The summed E-state index contributed by atoms with van der Waals surface area (Å²) in [6.45, 7) is 14.2. The predicted octanol–water partition coefficient (Wildman–Crippen LogP) is 2.88. The Balaban J connectivity index is 3.21. The van der Waals surface area contributed by atoms with E-state index < -0.39 is 15.6 Å². The van der Waals surface area contributed by atoms with Crippen molar-refractivity contribution in [2.75, 3.05) is 0 Å². The molecule has 0 saturated heterocycles. The summed E-state index contributed by atoms with van der Waals surface area (Å²) in [5.41, 5.74) is 2.41. The second kappa shape index (κ2) is 6.46. The van der Waals surface area contributed by atoms with Crippen molar-refractivity contribution in [1.29, 1.82) is 0 Å². The van der Waals surface area contributed by atoms with Gasteiger partial charge in [-0.05, 0) is 57.4 Å². The van der Waals surface area contributed by atoms with Crippen LogP contribution in [-0.2, 0) is 16.6 Å². The van der Waals surface area contributed by atoms with Gasteiger partial charge in [0.15, 0.2) is 0 Å². The van der Waals surface area contributed by atoms with Crippen LogP contribution in [0.3, 0.4) is 0 Å². The lowest BCUT2D eigenvalue weighted by molar-refractivity contribution is 0.491. The van der Waals surface area contributed by atoms with Crippen LogP contribution in [0, 0.1) is 13.8 Å². The Hall–Kier alpha value is -0.910. The Morgan fingerprint density at radius 2 is 1.67 bits per heavy atom. The zero-order chi connectivity index (χ0) is 16.4. The third-order valence-corrected chi connectivity index (χ3v) is 4.96. The molecular weight excluding hydrogens is 284 g/mol. The molecule has 0 amide bonds. The highest BCUT2D eigenvalue weighted by molar-refractivity contribution is 7.89. The van der Waals surface area contributed by atoms with Gasteiger partial charge in [0, 0.05) is 18.1 Å². The van der Waals surface area contributed by atoms with Crippen LogP contribution in [0.15, 0.2) is 17.0 Å². The zero-order valence-electron chi connectivity index (χ0n) is 14.2. The summed E-state index contributed by atoms with van der Waals surface area (Å²) < 4.78 is 27.8. The van der Waals surface area contributed by atoms with Gasteiger partial charge in [0.25, 0.3) is 0 Å². The Morgan fingerprint density at radius 3 is 2.14 bits per heavy atom. The minimum absolute atomic E-state index is 0.360. The quantitative estimate of drug-likeness (QED) is 0.879. The lowest BCUT2D eigenvalue weighted by Gasteiger charge is -2.22. The van der Waals surface area contributed by atoms with E-state index in [1.165, 1.54) is 0 Å². The number of hydrogen-bond acceptors (Lipinski definition) is 3. The van der Waals surface area contributed by atoms with E-state index in [2.05, 4.69) is 23.9 Å². The van der Waals surface area contributed by atoms with Gasteiger partial charge < -0.3 is 5.32 Å². The highest BCUT2D eigenvalue weighted by atomic mass is 32.2. The molecule has 0 bridgehead atoms. The van der Waals surface area contributed by atoms with Gasteiger partial charge in [0.05, 0.1) is 4.90 Å². The molecule has 0 radical (unpaired) electrons. The third-order valence-electron chi connectivity index (χ3n) is 3.06. The van der Waals surface area contributed by atoms with Crippen molar-refractivity contribution in [2.45, 2.75) is 71.5 Å². The molecule has 0 aliphatic rings. The van der Waals surface area contributed by atoms with Gasteiger partial charge >= 0.3 is 0 Å². The monoisotopic (exact) mass is 312 g/mol. The third kappa shape index (κ3) is 5.41. The van der Waals surface area contributed by atoms with Crippen LogP contribution in [0.4, 0.5) is 0 Å². The molecule has 1 aromatic rings. The maximum absolute atomic E-state index is 12.5. The molecule has 120 valence electrons. The van der Waals surface area contributed by atoms with Crippen LogP contribution in [0.1, 0.15) is 51.3 Å². The van der Waals surface area contributed by atoms with E-state index in [1.807, 2.05) is 40.7 Å². The fraction of sp³-hybridized carbons (Fsp3) is 0.625. The predicted molar refractivity (Wildman–Crippen MR) is 88.0 cm³/mol. The molecule has 0 saturated carbocycles. The minimum Gasteiger partial charge on any atom is -0.310 e. The summed E-state index contributed by atoms with van der Waals surface area (Å²) in [4.78, 5) is 0.364. The average molecular weight is 312 g/mol. The number of sulfonamides is 1. The van der Waals surface area contributed by atoms with E-state index in [0.29, 0.717) is 17.5 Å². The first-order valence-electron chi connectivity index (χ1n) is 7.30. The molecule has 0 fully saturated rings. The molecule has 21 heavy (non-hydrogen) atoms. The molecule has 4 nitrogen and oxygen atoms in total. The molecule has 0 aliphatic heterocycles. The van der Waals surface area contributed by atoms with Crippen LogP contribution in [0.5, 0.6) is 0 Å². The highest BCUT2D eigenvalue weighted by Gasteiger charge is 2.24. The smallest absolute Gasteiger partial charge is 0.241 e. The van der Waals surface area contributed by atoms with Gasteiger partial charge in [-0.15, -0.1) is 0 Å². The standard InChI is InChI=1S/C16H28N2O2S/c1-11(2)17-10-14-9-15(13(4)8-12(14)3)21(19,20)18-16(5,6)7/h8-9,11,17-18H,10H2,1-7H3. The molecule has 0 unspecified atom stereocenters. The number of aryl methyl sites for hydroxylation is 2. The van der Waals surface area contributed by atoms with E-state index in [-0.39, 0.29) is 0 Å². The molecule has 0 aromatic heterocycles. The van der Waals surface area contributed by atoms with Gasteiger partial charge in [-0.1, -0.05) is 19.9 Å². The summed E-state index contributed by atoms with van der Waals surface area (Å²) >= 11 is 0. The zero-order valence-corrected chi connectivity index (χ0v) is 15.0. The van der Waals surface area contributed by atoms with E-state index in [1.54, 1.807) is 6.07 Å². The second-order valence-corrected chi connectivity index (χ2v) is 8.59. The van der Waals surface area contributed by atoms with E-state index in [4.69, 9.17) is 0 Å². The molecule has 0 atom stereocenters. The summed E-state index contributed by atoms with van der Waals surface area (Å²) in [6, 6.07) is 4.08. The molecule has 0 spiro atoms. The summed E-state index contributed by atoms with van der Waals surface area (Å²) in [6.07, 6.45) is 0. The first-order valence-corrected chi connectivity index (χ1v) is 8.78. The Bertz CT molecular complexity index is 599. The Labute approximate surface area is 129 Å². The van der Waals surface area contributed by atoms with Gasteiger partial charge in [-0.25, -0.2) is 13.1 Å².